The van der Waals surface area contributed by atoms with E-state index in [-0.39, 0.29) is 5.91 Å². The van der Waals surface area contributed by atoms with E-state index in [2.05, 4.69) is 24.1 Å². The normalized spacial score (nSPS) is 15.3. The summed E-state index contributed by atoms with van der Waals surface area (Å²) in [6.45, 7) is 7.64. The molecule has 0 saturated carbocycles. The summed E-state index contributed by atoms with van der Waals surface area (Å²) in [5.74, 6) is 0.357. The maximum atomic E-state index is 12.6. The molecule has 1 saturated heterocycles. The molecule has 8 heteroatoms. The third-order valence-electron chi connectivity index (χ3n) is 4.71. The largest absolute Gasteiger partial charge is 0.347 e. The van der Waals surface area contributed by atoms with Crippen LogP contribution in [0.5, 0.6) is 0 Å². The zero-order valence-corrected chi connectivity index (χ0v) is 18.2. The summed E-state index contributed by atoms with van der Waals surface area (Å²) in [4.78, 5) is 17.9. The zero-order chi connectivity index (χ0) is 20.3. The van der Waals surface area contributed by atoms with Crippen LogP contribution in [0.1, 0.15) is 52.6 Å². The van der Waals surface area contributed by atoms with Crippen LogP contribution in [0.4, 0.5) is 0 Å². The summed E-state index contributed by atoms with van der Waals surface area (Å²) >= 11 is 1.44. The molecule has 0 aliphatic carbocycles. The number of aryl methyl sites for hydroxylation is 1. The van der Waals surface area contributed by atoms with Crippen LogP contribution in [0.3, 0.4) is 0 Å². The molecule has 0 unspecified atom stereocenters. The van der Waals surface area contributed by atoms with E-state index in [0.717, 1.165) is 35.5 Å². The van der Waals surface area contributed by atoms with Gasteiger partial charge < -0.3 is 5.32 Å². The van der Waals surface area contributed by atoms with Crippen LogP contribution in [0.25, 0.3) is 0 Å². The van der Waals surface area contributed by atoms with Crippen LogP contribution >= 0.6 is 11.3 Å². The molecule has 3 rings (SSSR count). The van der Waals surface area contributed by atoms with Crippen LogP contribution < -0.4 is 5.32 Å². The number of thiazole rings is 1. The molecule has 0 spiro atoms. The third kappa shape index (κ3) is 4.79. The summed E-state index contributed by atoms with van der Waals surface area (Å²) in [6.07, 6.45) is 2.70. The van der Waals surface area contributed by atoms with Crippen molar-refractivity contribution in [3.63, 3.8) is 0 Å². The molecule has 1 aromatic heterocycles. The number of carbonyl (C=O) groups is 1. The molecule has 0 bridgehead atoms. The first kappa shape index (κ1) is 21.0. The molecule has 28 heavy (non-hydrogen) atoms. The minimum Gasteiger partial charge on any atom is -0.347 e. The number of aromatic nitrogens is 1. The number of benzene rings is 1. The second kappa shape index (κ2) is 8.71. The number of amides is 1. The Kier molecular flexibility index (Phi) is 6.52. The van der Waals surface area contributed by atoms with E-state index in [1.165, 1.54) is 15.6 Å². The lowest BCUT2D eigenvalue weighted by atomic mass is 10.1. The number of nitrogens with one attached hydrogen (secondary N) is 1. The van der Waals surface area contributed by atoms with E-state index in [0.29, 0.717) is 35.3 Å². The lowest BCUT2D eigenvalue weighted by Crippen LogP contribution is -2.27. The van der Waals surface area contributed by atoms with E-state index in [4.69, 9.17) is 0 Å². The Morgan fingerprint density at radius 3 is 2.46 bits per heavy atom. The van der Waals surface area contributed by atoms with Crippen molar-refractivity contribution in [2.45, 2.75) is 51.5 Å². The molecule has 1 aliphatic rings. The number of hydrogen-bond acceptors (Lipinski definition) is 5. The van der Waals surface area contributed by atoms with Gasteiger partial charge in [-0.3, -0.25) is 4.79 Å². The van der Waals surface area contributed by atoms with Gasteiger partial charge in [0.2, 0.25) is 10.0 Å². The predicted molar refractivity (Wildman–Crippen MR) is 111 cm³/mol. The van der Waals surface area contributed by atoms with Gasteiger partial charge in [-0.15, -0.1) is 11.3 Å². The van der Waals surface area contributed by atoms with Crippen molar-refractivity contribution >= 4 is 27.3 Å². The molecule has 1 fully saturated rings. The van der Waals surface area contributed by atoms with Gasteiger partial charge in [-0.1, -0.05) is 26.0 Å². The molecule has 6 nitrogen and oxygen atoms in total. The van der Waals surface area contributed by atoms with Gasteiger partial charge in [0.15, 0.2) is 0 Å². The smallest absolute Gasteiger partial charge is 0.263 e. The molecular formula is C20H27N3O3S2. The number of nitrogens with zero attached hydrogens (tertiary/aromatic N) is 2. The van der Waals surface area contributed by atoms with Gasteiger partial charge >= 0.3 is 0 Å². The van der Waals surface area contributed by atoms with Gasteiger partial charge in [-0.25, -0.2) is 13.4 Å². The van der Waals surface area contributed by atoms with Crippen LogP contribution in [-0.4, -0.2) is 36.7 Å². The van der Waals surface area contributed by atoms with Crippen LogP contribution in [0, 0.1) is 12.8 Å². The first-order valence-electron chi connectivity index (χ1n) is 9.61. The van der Waals surface area contributed by atoms with Gasteiger partial charge in [0.1, 0.15) is 4.88 Å². The van der Waals surface area contributed by atoms with Crippen molar-refractivity contribution in [3.05, 3.63) is 45.4 Å². The fourth-order valence-electron chi connectivity index (χ4n) is 3.22. The topological polar surface area (TPSA) is 79.4 Å². The fourth-order valence-corrected chi connectivity index (χ4v) is 5.93. The molecule has 0 atom stereocenters. The highest BCUT2D eigenvalue weighted by Crippen LogP contribution is 2.22. The van der Waals surface area contributed by atoms with Crippen molar-refractivity contribution in [1.82, 2.24) is 14.6 Å². The Bertz CT molecular complexity index is 928. The Balaban J connectivity index is 1.62. The SMILES string of the molecule is Cc1nc(CC(C)C)sc1C(=O)NCc1ccc(S(=O)(=O)N2CCCC2)cc1. The summed E-state index contributed by atoms with van der Waals surface area (Å²) in [5.41, 5.74) is 1.61. The minimum atomic E-state index is -3.40. The second-order valence-electron chi connectivity index (χ2n) is 7.56. The zero-order valence-electron chi connectivity index (χ0n) is 16.6. The Hall–Kier alpha value is -1.77. The van der Waals surface area contributed by atoms with Gasteiger partial charge in [0, 0.05) is 26.1 Å². The molecule has 1 amide bonds. The highest BCUT2D eigenvalue weighted by atomic mass is 32.2. The van der Waals surface area contributed by atoms with Crippen molar-refractivity contribution in [2.75, 3.05) is 13.1 Å². The number of rotatable bonds is 7. The van der Waals surface area contributed by atoms with E-state index in [9.17, 15) is 13.2 Å². The third-order valence-corrected chi connectivity index (χ3v) is 7.80. The molecule has 152 valence electrons. The summed E-state index contributed by atoms with van der Waals surface area (Å²) < 4.78 is 26.7. The number of hydrogen-bond donors (Lipinski definition) is 1. The Labute approximate surface area is 171 Å². The fraction of sp³-hybridized carbons (Fsp3) is 0.500. The maximum Gasteiger partial charge on any atom is 0.263 e. The highest BCUT2D eigenvalue weighted by molar-refractivity contribution is 7.89. The lowest BCUT2D eigenvalue weighted by molar-refractivity contribution is 0.0954. The minimum absolute atomic E-state index is 0.140. The van der Waals surface area contributed by atoms with Gasteiger partial charge in [-0.2, -0.15) is 4.31 Å². The number of carbonyl (C=O) groups excluding carboxylic acids is 1. The summed E-state index contributed by atoms with van der Waals surface area (Å²) in [6, 6.07) is 6.75. The summed E-state index contributed by atoms with van der Waals surface area (Å²) in [7, 11) is -3.40. The quantitative estimate of drug-likeness (QED) is 0.743. The monoisotopic (exact) mass is 421 g/mol. The molecule has 2 heterocycles. The van der Waals surface area contributed by atoms with Crippen molar-refractivity contribution < 1.29 is 13.2 Å². The molecular weight excluding hydrogens is 394 g/mol. The Morgan fingerprint density at radius 2 is 1.86 bits per heavy atom. The molecule has 1 N–H and O–H groups in total. The molecule has 1 aliphatic heterocycles. The van der Waals surface area contributed by atoms with Gasteiger partial charge in [0.25, 0.3) is 5.91 Å². The standard InChI is InChI=1S/C20H27N3O3S2/c1-14(2)12-18-22-15(3)19(27-18)20(24)21-13-16-6-8-17(9-7-16)28(25,26)23-10-4-5-11-23/h6-9,14H,4-5,10-13H2,1-3H3,(H,21,24). The van der Waals surface area contributed by atoms with Gasteiger partial charge in [0.05, 0.1) is 15.6 Å². The molecule has 0 radical (unpaired) electrons. The first-order valence-corrected chi connectivity index (χ1v) is 11.9. The number of sulfonamides is 1. The van der Waals surface area contributed by atoms with Crippen LogP contribution in [-0.2, 0) is 23.0 Å². The average molecular weight is 422 g/mol. The summed E-state index contributed by atoms with van der Waals surface area (Å²) in [5, 5.41) is 3.89. The van der Waals surface area contributed by atoms with Crippen molar-refractivity contribution in [3.8, 4) is 0 Å². The Morgan fingerprint density at radius 1 is 1.21 bits per heavy atom. The van der Waals surface area contributed by atoms with E-state index in [1.54, 1.807) is 24.3 Å². The lowest BCUT2D eigenvalue weighted by Gasteiger charge is -2.15. The van der Waals surface area contributed by atoms with Crippen molar-refractivity contribution in [1.29, 1.82) is 0 Å². The van der Waals surface area contributed by atoms with E-state index >= 15 is 0 Å². The van der Waals surface area contributed by atoms with E-state index in [1.807, 2.05) is 6.92 Å². The van der Waals surface area contributed by atoms with Crippen LogP contribution in [0.15, 0.2) is 29.2 Å². The second-order valence-corrected chi connectivity index (χ2v) is 10.6. The van der Waals surface area contributed by atoms with E-state index < -0.39 is 10.0 Å². The van der Waals surface area contributed by atoms with Gasteiger partial charge in [-0.05, 0) is 43.4 Å². The predicted octanol–water partition coefficient (Wildman–Crippen LogP) is 3.36. The molecule has 2 aromatic rings. The first-order chi connectivity index (χ1) is 13.3. The highest BCUT2D eigenvalue weighted by Gasteiger charge is 2.26. The van der Waals surface area contributed by atoms with Crippen molar-refractivity contribution in [2.24, 2.45) is 5.92 Å². The maximum absolute atomic E-state index is 12.6. The molecule has 1 aromatic carbocycles. The van der Waals surface area contributed by atoms with Crippen LogP contribution in [0.2, 0.25) is 0 Å². The average Bonchev–Trinajstić information content (AvgIpc) is 3.30.